The van der Waals surface area contributed by atoms with Crippen molar-refractivity contribution in [1.82, 2.24) is 0 Å². The smallest absolute Gasteiger partial charge is 0.175 e. The van der Waals surface area contributed by atoms with E-state index in [0.717, 1.165) is 19.3 Å². The van der Waals surface area contributed by atoms with Crippen LogP contribution in [0, 0.1) is 23.7 Å². The molecule has 4 heteroatoms. The van der Waals surface area contributed by atoms with Crippen LogP contribution in [0.4, 0.5) is 0 Å². The van der Waals surface area contributed by atoms with E-state index >= 15 is 0 Å². The van der Waals surface area contributed by atoms with Crippen molar-refractivity contribution in [1.29, 1.82) is 0 Å². The Morgan fingerprint density at radius 2 is 2.06 bits per heavy atom. The van der Waals surface area contributed by atoms with Crippen LogP contribution in [0.25, 0.3) is 0 Å². The van der Waals surface area contributed by atoms with E-state index < -0.39 is 5.79 Å². The molecule has 0 aromatic heterocycles. The summed E-state index contributed by atoms with van der Waals surface area (Å²) in [6, 6.07) is 0. The molecule has 3 aliphatic rings. The molecule has 2 saturated carbocycles. The van der Waals surface area contributed by atoms with Gasteiger partial charge >= 0.3 is 0 Å². The van der Waals surface area contributed by atoms with Crippen LogP contribution < -0.4 is 0 Å². The van der Waals surface area contributed by atoms with Crippen LogP contribution in [0.3, 0.4) is 0 Å². The molecule has 17 heavy (non-hydrogen) atoms. The minimum absolute atomic E-state index is 0.177. The maximum atomic E-state index is 10.1. The van der Waals surface area contributed by atoms with Gasteiger partial charge in [-0.3, -0.25) is 0 Å². The summed E-state index contributed by atoms with van der Waals surface area (Å²) in [6.45, 7) is 3.54. The molecule has 1 saturated heterocycles. The van der Waals surface area contributed by atoms with Crippen LogP contribution >= 0.6 is 0 Å². The van der Waals surface area contributed by atoms with Gasteiger partial charge in [-0.05, 0) is 18.8 Å². The van der Waals surface area contributed by atoms with Gasteiger partial charge in [0.05, 0.1) is 27.2 Å². The molecule has 3 nitrogen and oxygen atoms in total. The van der Waals surface area contributed by atoms with E-state index in [0.29, 0.717) is 43.2 Å². The van der Waals surface area contributed by atoms with Crippen LogP contribution in [0.1, 0.15) is 26.2 Å². The SMILES string of the molecule is [B]C[C@H](CC)C1[C@H]2C(O)CC[C@H]2C12OCCO2. The van der Waals surface area contributed by atoms with Crippen LogP contribution in [-0.4, -0.2) is 38.1 Å². The van der Waals surface area contributed by atoms with Crippen molar-refractivity contribution in [3.63, 3.8) is 0 Å². The lowest BCUT2D eigenvalue weighted by Gasteiger charge is -2.58. The molecule has 1 heterocycles. The fraction of sp³-hybridized carbons (Fsp3) is 1.00. The molecule has 1 aliphatic heterocycles. The number of fused-ring (bicyclic) bond motifs is 2. The van der Waals surface area contributed by atoms with Gasteiger partial charge in [0.1, 0.15) is 0 Å². The molecule has 2 radical (unpaired) electrons. The van der Waals surface area contributed by atoms with Crippen molar-refractivity contribution in [2.24, 2.45) is 23.7 Å². The minimum Gasteiger partial charge on any atom is -0.393 e. The first-order valence-corrected chi connectivity index (χ1v) is 6.90. The molecule has 3 rings (SSSR count). The van der Waals surface area contributed by atoms with Crippen LogP contribution in [0.15, 0.2) is 0 Å². The fourth-order valence-electron chi connectivity index (χ4n) is 4.42. The maximum absolute atomic E-state index is 10.1. The van der Waals surface area contributed by atoms with Gasteiger partial charge in [0.2, 0.25) is 0 Å². The van der Waals surface area contributed by atoms with Gasteiger partial charge in [-0.1, -0.05) is 19.7 Å². The lowest BCUT2D eigenvalue weighted by Crippen LogP contribution is -2.65. The predicted molar refractivity (Wildman–Crippen MR) is 64.7 cm³/mol. The minimum atomic E-state index is -0.401. The Balaban J connectivity index is 1.87. The standard InChI is InChI=1S/C13H21BO3/c1-2-8(7-14)12-11-9(3-4-10(11)15)13(12)16-5-6-17-13/h8-12,15H,2-7H2,1H3/t8-,9+,10?,11+,12?/m0/s1. The molecule has 2 unspecified atom stereocenters. The Kier molecular flexibility index (Phi) is 3.00. The highest BCUT2D eigenvalue weighted by atomic mass is 16.7. The van der Waals surface area contributed by atoms with Crippen molar-refractivity contribution in [3.8, 4) is 0 Å². The predicted octanol–water partition coefficient (Wildman–Crippen LogP) is 1.36. The molecule has 5 atom stereocenters. The molecule has 0 bridgehead atoms. The van der Waals surface area contributed by atoms with Crippen molar-refractivity contribution < 1.29 is 14.6 Å². The van der Waals surface area contributed by atoms with E-state index in [4.69, 9.17) is 17.3 Å². The Morgan fingerprint density at radius 1 is 1.35 bits per heavy atom. The molecular weight excluding hydrogens is 215 g/mol. The highest BCUT2D eigenvalue weighted by Gasteiger charge is 2.70. The van der Waals surface area contributed by atoms with Crippen LogP contribution in [0.2, 0.25) is 6.32 Å². The average molecular weight is 236 g/mol. The monoisotopic (exact) mass is 236 g/mol. The van der Waals surface area contributed by atoms with E-state index in [1.165, 1.54) is 0 Å². The lowest BCUT2D eigenvalue weighted by molar-refractivity contribution is -0.331. The molecule has 94 valence electrons. The first kappa shape index (κ1) is 12.0. The number of aliphatic hydroxyl groups excluding tert-OH is 1. The second kappa shape index (κ2) is 4.25. The summed E-state index contributed by atoms with van der Waals surface area (Å²) in [7, 11) is 5.88. The summed E-state index contributed by atoms with van der Waals surface area (Å²) in [5, 5.41) is 10.1. The van der Waals surface area contributed by atoms with E-state index in [9.17, 15) is 5.11 Å². The molecule has 0 aromatic carbocycles. The van der Waals surface area contributed by atoms with Crippen molar-refractivity contribution in [2.45, 2.75) is 44.4 Å². The Bertz CT molecular complexity index is 286. The van der Waals surface area contributed by atoms with Gasteiger partial charge < -0.3 is 14.6 Å². The first-order chi connectivity index (χ1) is 8.24. The third-order valence-corrected chi connectivity index (χ3v) is 5.15. The number of hydrogen-bond acceptors (Lipinski definition) is 3. The van der Waals surface area contributed by atoms with E-state index in [1.54, 1.807) is 0 Å². The van der Waals surface area contributed by atoms with Crippen molar-refractivity contribution >= 4 is 7.85 Å². The van der Waals surface area contributed by atoms with Gasteiger partial charge in [0.25, 0.3) is 0 Å². The average Bonchev–Trinajstić information content (AvgIpc) is 2.92. The van der Waals surface area contributed by atoms with Crippen LogP contribution in [0.5, 0.6) is 0 Å². The van der Waals surface area contributed by atoms with E-state index in [-0.39, 0.29) is 6.10 Å². The van der Waals surface area contributed by atoms with E-state index in [2.05, 4.69) is 6.92 Å². The highest BCUT2D eigenvalue weighted by Crippen LogP contribution is 2.64. The number of aliphatic hydroxyl groups is 1. The van der Waals surface area contributed by atoms with Crippen molar-refractivity contribution in [2.75, 3.05) is 13.2 Å². The second-order valence-electron chi connectivity index (χ2n) is 5.68. The summed E-state index contributed by atoms with van der Waals surface area (Å²) in [6.07, 6.45) is 3.44. The third-order valence-electron chi connectivity index (χ3n) is 5.15. The van der Waals surface area contributed by atoms with Crippen LogP contribution in [-0.2, 0) is 9.47 Å². The largest absolute Gasteiger partial charge is 0.393 e. The van der Waals surface area contributed by atoms with Gasteiger partial charge in [0.15, 0.2) is 5.79 Å². The topological polar surface area (TPSA) is 38.7 Å². The molecule has 3 fully saturated rings. The molecule has 0 amide bonds. The quantitative estimate of drug-likeness (QED) is 0.752. The summed E-state index contributed by atoms with van der Waals surface area (Å²) in [5.41, 5.74) is 0. The zero-order valence-electron chi connectivity index (χ0n) is 10.5. The second-order valence-corrected chi connectivity index (χ2v) is 5.68. The van der Waals surface area contributed by atoms with Crippen molar-refractivity contribution in [3.05, 3.63) is 0 Å². The van der Waals surface area contributed by atoms with Gasteiger partial charge in [-0.15, -0.1) is 0 Å². The lowest BCUT2D eigenvalue weighted by atomic mass is 9.54. The summed E-state index contributed by atoms with van der Waals surface area (Å²) < 4.78 is 11.9. The Hall–Kier alpha value is -0.0551. The maximum Gasteiger partial charge on any atom is 0.175 e. The zero-order valence-corrected chi connectivity index (χ0v) is 10.5. The number of ether oxygens (including phenoxy) is 2. The molecule has 1 N–H and O–H groups in total. The third kappa shape index (κ3) is 1.47. The molecule has 0 aromatic rings. The number of hydrogen-bond donors (Lipinski definition) is 1. The number of rotatable bonds is 3. The zero-order chi connectivity index (χ0) is 12.0. The molecular formula is C13H21BO3. The summed E-state index contributed by atoms with van der Waals surface area (Å²) >= 11 is 0. The Morgan fingerprint density at radius 3 is 2.65 bits per heavy atom. The van der Waals surface area contributed by atoms with Gasteiger partial charge in [-0.25, -0.2) is 0 Å². The van der Waals surface area contributed by atoms with E-state index in [1.807, 2.05) is 0 Å². The first-order valence-electron chi connectivity index (χ1n) is 6.90. The highest BCUT2D eigenvalue weighted by molar-refractivity contribution is 6.08. The normalized spacial score (nSPS) is 44.6. The van der Waals surface area contributed by atoms with Gasteiger partial charge in [0, 0.05) is 17.8 Å². The fourth-order valence-corrected chi connectivity index (χ4v) is 4.42. The Labute approximate surface area is 104 Å². The summed E-state index contributed by atoms with van der Waals surface area (Å²) in [4.78, 5) is 0. The molecule has 2 aliphatic carbocycles. The summed E-state index contributed by atoms with van der Waals surface area (Å²) in [5.74, 6) is 1.04. The molecule has 1 spiro atoms. The van der Waals surface area contributed by atoms with Gasteiger partial charge in [-0.2, -0.15) is 0 Å².